The minimum absolute atomic E-state index is 0.420. The minimum Gasteiger partial charge on any atom is -0.424 e. The van der Waals surface area contributed by atoms with E-state index in [1.165, 1.54) is 0 Å². The van der Waals surface area contributed by atoms with Crippen molar-refractivity contribution >= 4 is 0 Å². The summed E-state index contributed by atoms with van der Waals surface area (Å²) in [4.78, 5) is 0. The number of aliphatic hydroxyl groups is 4. The fourth-order valence-electron chi connectivity index (χ4n) is 3.91. The molecule has 1 fully saturated rings. The van der Waals surface area contributed by atoms with Crippen LogP contribution in [0.2, 0.25) is 0 Å². The number of nitrogens with zero attached hydrogens (tertiary/aromatic N) is 3. The van der Waals surface area contributed by atoms with Gasteiger partial charge in [-0.15, -0.1) is 5.10 Å². The second-order valence-electron chi connectivity index (χ2n) is 8.45. The molecule has 0 saturated carbocycles. The molecular formula is C24H29N3O6. The van der Waals surface area contributed by atoms with Gasteiger partial charge in [0.25, 0.3) is 0 Å². The number of aliphatic hydroxyl groups excluding tert-OH is 4. The number of rotatable bonds is 6. The second-order valence-corrected chi connectivity index (χ2v) is 8.45. The van der Waals surface area contributed by atoms with E-state index < -0.39 is 37.1 Å². The standard InChI is InChI=1S/C24H29N3O6/c1-13-4-7-16(23-22(31)21(30)20(29)19(12-28)33-23)11-17(13)10-15-5-8-18(9-6-15)32-24-26-25-14(2)27(24)3/h4-9,11,19-23,28-31H,10,12H2,1-3H3/t19-,20-,21+,22-,23?/m1/s1. The van der Waals surface area contributed by atoms with Crippen molar-refractivity contribution in [1.82, 2.24) is 14.8 Å². The monoisotopic (exact) mass is 455 g/mol. The molecule has 9 nitrogen and oxygen atoms in total. The molecule has 33 heavy (non-hydrogen) atoms. The topological polar surface area (TPSA) is 130 Å². The Morgan fingerprint density at radius 3 is 2.33 bits per heavy atom. The lowest BCUT2D eigenvalue weighted by Gasteiger charge is -2.40. The summed E-state index contributed by atoms with van der Waals surface area (Å²) in [7, 11) is 1.84. The molecule has 0 spiro atoms. The molecule has 1 saturated heterocycles. The zero-order chi connectivity index (χ0) is 23.7. The van der Waals surface area contributed by atoms with Gasteiger partial charge in [-0.25, -0.2) is 0 Å². The van der Waals surface area contributed by atoms with E-state index in [1.807, 2.05) is 63.4 Å². The number of aryl methyl sites for hydroxylation is 2. The van der Waals surface area contributed by atoms with Crippen LogP contribution in [0.15, 0.2) is 42.5 Å². The molecule has 0 radical (unpaired) electrons. The van der Waals surface area contributed by atoms with Gasteiger partial charge in [0, 0.05) is 7.05 Å². The number of ether oxygens (including phenoxy) is 2. The van der Waals surface area contributed by atoms with E-state index in [4.69, 9.17) is 9.47 Å². The lowest BCUT2D eigenvalue weighted by atomic mass is 9.89. The summed E-state index contributed by atoms with van der Waals surface area (Å²) in [6.07, 6.45) is -5.25. The molecule has 1 aliphatic rings. The third-order valence-corrected chi connectivity index (χ3v) is 6.17. The zero-order valence-electron chi connectivity index (χ0n) is 18.8. The van der Waals surface area contributed by atoms with Gasteiger partial charge in [-0.3, -0.25) is 4.57 Å². The SMILES string of the molecule is Cc1ccc(C2O[C@H](CO)[C@@H](O)[C@H](O)[C@H]2O)cc1Cc1ccc(Oc2nnc(C)n2C)cc1. The fourth-order valence-corrected chi connectivity index (χ4v) is 3.91. The minimum atomic E-state index is -1.41. The van der Waals surface area contributed by atoms with E-state index >= 15 is 0 Å². The van der Waals surface area contributed by atoms with Crippen molar-refractivity contribution in [1.29, 1.82) is 0 Å². The molecule has 0 aliphatic carbocycles. The Morgan fingerprint density at radius 1 is 0.970 bits per heavy atom. The van der Waals surface area contributed by atoms with Crippen LogP contribution in [0.3, 0.4) is 0 Å². The van der Waals surface area contributed by atoms with Gasteiger partial charge >= 0.3 is 6.01 Å². The zero-order valence-corrected chi connectivity index (χ0v) is 18.8. The van der Waals surface area contributed by atoms with E-state index in [0.717, 1.165) is 22.5 Å². The van der Waals surface area contributed by atoms with Gasteiger partial charge < -0.3 is 29.9 Å². The third-order valence-electron chi connectivity index (χ3n) is 6.17. The molecule has 3 aromatic rings. The van der Waals surface area contributed by atoms with Crippen LogP contribution in [0.4, 0.5) is 0 Å². The highest BCUT2D eigenvalue weighted by Gasteiger charge is 2.43. The largest absolute Gasteiger partial charge is 0.424 e. The Bertz CT molecular complexity index is 1100. The van der Waals surface area contributed by atoms with Crippen LogP contribution < -0.4 is 4.74 Å². The average Bonchev–Trinajstić information content (AvgIpc) is 3.13. The van der Waals surface area contributed by atoms with Crippen LogP contribution in [0.5, 0.6) is 11.8 Å². The molecule has 4 rings (SSSR count). The van der Waals surface area contributed by atoms with Gasteiger partial charge in [-0.1, -0.05) is 35.4 Å². The number of hydrogen-bond donors (Lipinski definition) is 4. The molecule has 2 heterocycles. The highest BCUT2D eigenvalue weighted by molar-refractivity contribution is 5.38. The van der Waals surface area contributed by atoms with Crippen molar-refractivity contribution in [2.24, 2.45) is 7.05 Å². The Kier molecular flexibility index (Phi) is 6.78. The summed E-state index contributed by atoms with van der Waals surface area (Å²) in [6, 6.07) is 13.8. The molecule has 1 unspecified atom stereocenters. The van der Waals surface area contributed by atoms with Gasteiger partial charge in [0.1, 0.15) is 42.1 Å². The van der Waals surface area contributed by atoms with Crippen molar-refractivity contribution < 1.29 is 29.9 Å². The summed E-state index contributed by atoms with van der Waals surface area (Å²) in [5.41, 5.74) is 3.83. The Balaban J connectivity index is 1.51. The first-order valence-corrected chi connectivity index (χ1v) is 10.8. The normalized spacial score (nSPS) is 25.2. The summed E-state index contributed by atoms with van der Waals surface area (Å²) in [5, 5.41) is 48.1. The van der Waals surface area contributed by atoms with Crippen molar-refractivity contribution in [3.63, 3.8) is 0 Å². The van der Waals surface area contributed by atoms with Crippen molar-refractivity contribution in [2.75, 3.05) is 6.61 Å². The van der Waals surface area contributed by atoms with E-state index in [-0.39, 0.29) is 0 Å². The maximum absolute atomic E-state index is 10.5. The molecule has 0 bridgehead atoms. The molecule has 1 aliphatic heterocycles. The lowest BCUT2D eigenvalue weighted by Crippen LogP contribution is -2.55. The molecule has 5 atom stereocenters. The Labute approximate surface area is 191 Å². The summed E-state index contributed by atoms with van der Waals surface area (Å²) >= 11 is 0. The van der Waals surface area contributed by atoms with Crippen LogP contribution in [0, 0.1) is 13.8 Å². The first-order chi connectivity index (χ1) is 15.8. The fraction of sp³-hybridized carbons (Fsp3) is 0.417. The summed E-state index contributed by atoms with van der Waals surface area (Å²) in [5.74, 6) is 1.41. The van der Waals surface area contributed by atoms with Gasteiger partial charge in [0.05, 0.1) is 6.61 Å². The molecule has 1 aromatic heterocycles. The maximum Gasteiger partial charge on any atom is 0.322 e. The second kappa shape index (κ2) is 9.58. The molecule has 176 valence electrons. The van der Waals surface area contributed by atoms with Crippen molar-refractivity contribution in [2.45, 2.75) is 50.8 Å². The Hall–Kier alpha value is -2.82. The summed E-state index contributed by atoms with van der Waals surface area (Å²) < 4.78 is 13.3. The van der Waals surface area contributed by atoms with E-state index in [2.05, 4.69) is 10.2 Å². The van der Waals surface area contributed by atoms with Crippen LogP contribution in [-0.4, -0.2) is 66.2 Å². The molecular weight excluding hydrogens is 426 g/mol. The van der Waals surface area contributed by atoms with Crippen LogP contribution in [0.1, 0.15) is 34.2 Å². The molecule has 9 heteroatoms. The molecule has 2 aromatic carbocycles. The first-order valence-electron chi connectivity index (χ1n) is 10.8. The lowest BCUT2D eigenvalue weighted by molar-refractivity contribution is -0.231. The number of hydrogen-bond acceptors (Lipinski definition) is 8. The Morgan fingerprint density at radius 2 is 1.70 bits per heavy atom. The quantitative estimate of drug-likeness (QED) is 0.438. The van der Waals surface area contributed by atoms with Gasteiger partial charge in [0.2, 0.25) is 0 Å². The van der Waals surface area contributed by atoms with Crippen LogP contribution >= 0.6 is 0 Å². The van der Waals surface area contributed by atoms with Crippen molar-refractivity contribution in [3.05, 3.63) is 70.5 Å². The first kappa shape index (κ1) is 23.3. The smallest absolute Gasteiger partial charge is 0.322 e. The number of benzene rings is 2. The highest BCUT2D eigenvalue weighted by atomic mass is 16.5. The van der Waals surface area contributed by atoms with E-state index in [9.17, 15) is 20.4 Å². The van der Waals surface area contributed by atoms with E-state index in [0.29, 0.717) is 23.7 Å². The van der Waals surface area contributed by atoms with Crippen LogP contribution in [-0.2, 0) is 18.2 Å². The van der Waals surface area contributed by atoms with Crippen LogP contribution in [0.25, 0.3) is 0 Å². The molecule has 4 N–H and O–H groups in total. The van der Waals surface area contributed by atoms with E-state index in [1.54, 1.807) is 4.57 Å². The summed E-state index contributed by atoms with van der Waals surface area (Å²) in [6.45, 7) is 3.40. The maximum atomic E-state index is 10.5. The highest BCUT2D eigenvalue weighted by Crippen LogP contribution is 2.33. The van der Waals surface area contributed by atoms with Gasteiger partial charge in [0.15, 0.2) is 0 Å². The third kappa shape index (κ3) is 4.78. The van der Waals surface area contributed by atoms with Gasteiger partial charge in [-0.05, 0) is 54.7 Å². The average molecular weight is 456 g/mol. The predicted molar refractivity (Wildman–Crippen MR) is 119 cm³/mol. The predicted octanol–water partition coefficient (Wildman–Crippen LogP) is 1.33. The van der Waals surface area contributed by atoms with Gasteiger partial charge in [-0.2, -0.15) is 0 Å². The molecule has 0 amide bonds. The number of aromatic nitrogens is 3. The van der Waals surface area contributed by atoms with Crippen molar-refractivity contribution in [3.8, 4) is 11.8 Å².